The van der Waals surface area contributed by atoms with Crippen LogP contribution in [0, 0.1) is 0 Å². The van der Waals surface area contributed by atoms with Crippen molar-refractivity contribution >= 4 is 17.8 Å². The summed E-state index contributed by atoms with van der Waals surface area (Å²) >= 11 is 0. The Labute approximate surface area is 166 Å². The smallest absolute Gasteiger partial charge is 0.320 e. The van der Waals surface area contributed by atoms with Gasteiger partial charge in [0.15, 0.2) is 0 Å². The maximum atomic E-state index is 12.5. The first kappa shape index (κ1) is 21.9. The Balaban J connectivity index is 1.96. The van der Waals surface area contributed by atoms with Crippen LogP contribution in [0.2, 0.25) is 0 Å². The van der Waals surface area contributed by atoms with Crippen molar-refractivity contribution in [2.75, 3.05) is 19.6 Å². The predicted octanol–water partition coefficient (Wildman–Crippen LogP) is 1.65. The van der Waals surface area contributed by atoms with Gasteiger partial charge in [0.1, 0.15) is 6.04 Å². The highest BCUT2D eigenvalue weighted by molar-refractivity contribution is 5.80. The zero-order valence-electron chi connectivity index (χ0n) is 17.0. The number of nitrogens with one attached hydrogen (secondary N) is 2. The van der Waals surface area contributed by atoms with Crippen molar-refractivity contribution in [3.05, 3.63) is 34.9 Å². The second kappa shape index (κ2) is 10.2. The minimum atomic E-state index is -1.00. The molecule has 0 saturated carbocycles. The number of carbonyl (C=O) groups is 3. The number of hydrogen-bond acceptors (Lipinski definition) is 4. The van der Waals surface area contributed by atoms with E-state index < -0.39 is 12.0 Å². The fourth-order valence-corrected chi connectivity index (χ4v) is 3.52. The summed E-state index contributed by atoms with van der Waals surface area (Å²) < 4.78 is 0. The first-order chi connectivity index (χ1) is 13.3. The van der Waals surface area contributed by atoms with Gasteiger partial charge in [-0.1, -0.05) is 18.2 Å². The minimum absolute atomic E-state index is 0.0394. The molecule has 7 heteroatoms. The molecular formula is C21H31N3O4. The number of aliphatic carboxylic acids is 1. The number of carboxylic acids is 1. The van der Waals surface area contributed by atoms with Gasteiger partial charge in [0.05, 0.1) is 12.6 Å². The third kappa shape index (κ3) is 6.34. The number of fused-ring (bicyclic) bond motifs is 1. The topological polar surface area (TPSA) is 98.7 Å². The van der Waals surface area contributed by atoms with E-state index in [2.05, 4.69) is 28.8 Å². The summed E-state index contributed by atoms with van der Waals surface area (Å²) in [5.41, 5.74) is 3.82. The van der Waals surface area contributed by atoms with Crippen molar-refractivity contribution in [2.24, 2.45) is 0 Å². The molecule has 0 saturated heterocycles. The first-order valence-electron chi connectivity index (χ1n) is 9.90. The summed E-state index contributed by atoms with van der Waals surface area (Å²) in [7, 11) is 0. The third-order valence-electron chi connectivity index (χ3n) is 5.27. The van der Waals surface area contributed by atoms with Crippen molar-refractivity contribution in [3.63, 3.8) is 0 Å². The second-order valence-corrected chi connectivity index (χ2v) is 7.49. The quantitative estimate of drug-likeness (QED) is 0.597. The number of carboxylic acid groups (broad SMARTS) is 1. The number of rotatable bonds is 9. The summed E-state index contributed by atoms with van der Waals surface area (Å²) in [6.07, 6.45) is 4.63. The molecule has 3 N–H and O–H groups in total. The number of aryl methyl sites for hydroxylation is 2. The summed E-state index contributed by atoms with van der Waals surface area (Å²) in [5.74, 6) is -1.42. The average Bonchev–Trinajstić information content (AvgIpc) is 2.65. The van der Waals surface area contributed by atoms with Crippen LogP contribution in [-0.4, -0.2) is 53.5 Å². The normalized spacial score (nSPS) is 15.4. The van der Waals surface area contributed by atoms with E-state index >= 15 is 0 Å². The van der Waals surface area contributed by atoms with E-state index in [4.69, 9.17) is 0 Å². The standard InChI is InChI=1S/C21H31N3O4/c1-14(18-9-8-17-6-4-5-7-19(17)12-18)23-20(26)13-24(15(2)21(27)28)11-10-22-16(3)25/h8-9,12,14-15H,4-7,10-11,13H2,1-3H3,(H,22,25)(H,23,26)(H,27,28). The highest BCUT2D eigenvalue weighted by atomic mass is 16.4. The molecule has 7 nitrogen and oxygen atoms in total. The summed E-state index contributed by atoms with van der Waals surface area (Å²) in [6.45, 7) is 5.41. The van der Waals surface area contributed by atoms with Gasteiger partial charge in [-0.25, -0.2) is 0 Å². The van der Waals surface area contributed by atoms with Crippen LogP contribution in [0.1, 0.15) is 56.3 Å². The van der Waals surface area contributed by atoms with Gasteiger partial charge in [-0.15, -0.1) is 0 Å². The average molecular weight is 389 g/mol. The Kier molecular flexibility index (Phi) is 7.99. The molecule has 2 amide bonds. The van der Waals surface area contributed by atoms with Crippen molar-refractivity contribution in [1.29, 1.82) is 0 Å². The molecule has 2 rings (SSSR count). The van der Waals surface area contributed by atoms with Crippen LogP contribution < -0.4 is 10.6 Å². The lowest BCUT2D eigenvalue weighted by molar-refractivity contribution is -0.143. The Hall–Kier alpha value is -2.41. The number of hydrogen-bond donors (Lipinski definition) is 3. The fraction of sp³-hybridized carbons (Fsp3) is 0.571. The highest BCUT2D eigenvalue weighted by Crippen LogP contribution is 2.24. The van der Waals surface area contributed by atoms with Crippen LogP contribution in [0.15, 0.2) is 18.2 Å². The SMILES string of the molecule is CC(=O)NCCN(CC(=O)NC(C)c1ccc2c(c1)CCCC2)C(C)C(=O)O. The number of amides is 2. The number of benzene rings is 1. The van der Waals surface area contributed by atoms with E-state index in [-0.39, 0.29) is 30.9 Å². The molecule has 2 unspecified atom stereocenters. The van der Waals surface area contributed by atoms with E-state index in [9.17, 15) is 19.5 Å². The van der Waals surface area contributed by atoms with Crippen LogP contribution in [0.25, 0.3) is 0 Å². The highest BCUT2D eigenvalue weighted by Gasteiger charge is 2.23. The van der Waals surface area contributed by atoms with Gasteiger partial charge < -0.3 is 15.7 Å². The molecule has 0 aromatic heterocycles. The fourth-order valence-electron chi connectivity index (χ4n) is 3.52. The van der Waals surface area contributed by atoms with Gasteiger partial charge in [-0.3, -0.25) is 19.3 Å². The Morgan fingerprint density at radius 2 is 1.82 bits per heavy atom. The molecule has 28 heavy (non-hydrogen) atoms. The van der Waals surface area contributed by atoms with Gasteiger partial charge in [0, 0.05) is 20.0 Å². The molecule has 0 heterocycles. The first-order valence-corrected chi connectivity index (χ1v) is 9.90. The van der Waals surface area contributed by atoms with Crippen LogP contribution in [-0.2, 0) is 27.2 Å². The van der Waals surface area contributed by atoms with Crippen molar-refractivity contribution in [1.82, 2.24) is 15.5 Å². The molecule has 0 radical (unpaired) electrons. The van der Waals surface area contributed by atoms with E-state index in [0.717, 1.165) is 18.4 Å². The van der Waals surface area contributed by atoms with Crippen molar-refractivity contribution in [3.8, 4) is 0 Å². The van der Waals surface area contributed by atoms with E-state index in [1.165, 1.54) is 37.8 Å². The molecule has 0 bridgehead atoms. The Morgan fingerprint density at radius 1 is 1.14 bits per heavy atom. The monoisotopic (exact) mass is 389 g/mol. The van der Waals surface area contributed by atoms with Gasteiger partial charge in [0.2, 0.25) is 11.8 Å². The maximum absolute atomic E-state index is 12.5. The van der Waals surface area contributed by atoms with E-state index in [1.807, 2.05) is 6.92 Å². The molecule has 1 aromatic rings. The largest absolute Gasteiger partial charge is 0.480 e. The molecule has 0 fully saturated rings. The molecule has 0 spiro atoms. The maximum Gasteiger partial charge on any atom is 0.320 e. The molecule has 2 atom stereocenters. The number of nitrogens with zero attached hydrogens (tertiary/aromatic N) is 1. The van der Waals surface area contributed by atoms with E-state index in [1.54, 1.807) is 4.90 Å². The van der Waals surface area contributed by atoms with Gasteiger partial charge in [-0.05, 0) is 56.2 Å². The molecule has 1 aromatic carbocycles. The van der Waals surface area contributed by atoms with Gasteiger partial charge in [0.25, 0.3) is 0 Å². The summed E-state index contributed by atoms with van der Waals surface area (Å²) in [6, 6.07) is 5.41. The van der Waals surface area contributed by atoms with Crippen molar-refractivity contribution < 1.29 is 19.5 Å². The second-order valence-electron chi connectivity index (χ2n) is 7.49. The molecular weight excluding hydrogens is 358 g/mol. The molecule has 1 aliphatic carbocycles. The number of carbonyl (C=O) groups excluding carboxylic acids is 2. The lowest BCUT2D eigenvalue weighted by atomic mass is 9.89. The summed E-state index contributed by atoms with van der Waals surface area (Å²) in [5, 5.41) is 14.9. The Bertz CT molecular complexity index is 720. The van der Waals surface area contributed by atoms with E-state index in [0.29, 0.717) is 6.54 Å². The summed E-state index contributed by atoms with van der Waals surface area (Å²) in [4.78, 5) is 36.4. The van der Waals surface area contributed by atoms with Gasteiger partial charge >= 0.3 is 5.97 Å². The third-order valence-corrected chi connectivity index (χ3v) is 5.27. The lowest BCUT2D eigenvalue weighted by Crippen LogP contribution is -2.48. The predicted molar refractivity (Wildman–Crippen MR) is 107 cm³/mol. The van der Waals surface area contributed by atoms with Crippen LogP contribution in [0.5, 0.6) is 0 Å². The van der Waals surface area contributed by atoms with Gasteiger partial charge in [-0.2, -0.15) is 0 Å². The lowest BCUT2D eigenvalue weighted by Gasteiger charge is -2.26. The molecule has 0 aliphatic heterocycles. The molecule has 154 valence electrons. The Morgan fingerprint density at radius 3 is 2.46 bits per heavy atom. The van der Waals surface area contributed by atoms with Crippen molar-refractivity contribution in [2.45, 2.75) is 58.5 Å². The van der Waals surface area contributed by atoms with Crippen LogP contribution >= 0.6 is 0 Å². The zero-order chi connectivity index (χ0) is 20.7. The van der Waals surface area contributed by atoms with Crippen LogP contribution in [0.3, 0.4) is 0 Å². The van der Waals surface area contributed by atoms with Crippen LogP contribution in [0.4, 0.5) is 0 Å². The molecule has 1 aliphatic rings. The zero-order valence-corrected chi connectivity index (χ0v) is 17.0. The minimum Gasteiger partial charge on any atom is -0.480 e.